The second kappa shape index (κ2) is 7.22. The summed E-state index contributed by atoms with van der Waals surface area (Å²) in [6, 6.07) is 1.82. The third-order valence-electron chi connectivity index (χ3n) is 4.29. The van der Waals surface area contributed by atoms with Gasteiger partial charge >= 0.3 is 0 Å². The first-order valence-corrected chi connectivity index (χ1v) is 10.1. The highest BCUT2D eigenvalue weighted by Crippen LogP contribution is 2.29. The molecule has 1 aromatic rings. The van der Waals surface area contributed by atoms with Gasteiger partial charge in [0.2, 0.25) is 10.0 Å². The fraction of sp³-hybridized carbons (Fsp3) is 0.733. The van der Waals surface area contributed by atoms with Gasteiger partial charge in [-0.1, -0.05) is 20.8 Å². The van der Waals surface area contributed by atoms with E-state index in [4.69, 9.17) is 0 Å². The molecule has 1 aromatic heterocycles. The van der Waals surface area contributed by atoms with E-state index >= 15 is 0 Å². The smallest absolute Gasteiger partial charge is 0.243 e. The standard InChI is InChI=1S/C15H26N2O2S2/c1-4-6-16-9-14-8-15(11-20-14)21(18,19)17-7-5-12(2)13(3)10-17/h8,11-13,16H,4-7,9-10H2,1-3H3. The van der Waals surface area contributed by atoms with Crippen LogP contribution in [0.4, 0.5) is 0 Å². The third-order valence-corrected chi connectivity index (χ3v) is 7.22. The van der Waals surface area contributed by atoms with Gasteiger partial charge < -0.3 is 5.32 Å². The van der Waals surface area contributed by atoms with Crippen LogP contribution in [0.25, 0.3) is 0 Å². The van der Waals surface area contributed by atoms with Crippen LogP contribution in [0, 0.1) is 11.8 Å². The lowest BCUT2D eigenvalue weighted by molar-refractivity contribution is 0.212. The van der Waals surface area contributed by atoms with E-state index in [0.29, 0.717) is 29.8 Å². The SMILES string of the molecule is CCCNCc1cc(S(=O)(=O)N2CCC(C)C(C)C2)cs1. The van der Waals surface area contributed by atoms with E-state index in [1.165, 1.54) is 11.3 Å². The molecule has 0 aliphatic carbocycles. The molecule has 1 N–H and O–H groups in total. The van der Waals surface area contributed by atoms with E-state index in [0.717, 1.165) is 30.8 Å². The number of nitrogens with zero attached hydrogens (tertiary/aromatic N) is 1. The van der Waals surface area contributed by atoms with Crippen LogP contribution in [-0.4, -0.2) is 32.4 Å². The van der Waals surface area contributed by atoms with E-state index < -0.39 is 10.0 Å². The maximum Gasteiger partial charge on any atom is 0.243 e. The molecule has 2 atom stereocenters. The van der Waals surface area contributed by atoms with Gasteiger partial charge in [0.15, 0.2) is 0 Å². The van der Waals surface area contributed by atoms with Gasteiger partial charge in [-0.05, 0) is 37.3 Å². The van der Waals surface area contributed by atoms with E-state index in [1.807, 2.05) is 6.07 Å². The van der Waals surface area contributed by atoms with Crippen molar-refractivity contribution in [1.29, 1.82) is 0 Å². The average molecular weight is 331 g/mol. The van der Waals surface area contributed by atoms with Crippen molar-refractivity contribution in [3.63, 3.8) is 0 Å². The van der Waals surface area contributed by atoms with Crippen LogP contribution in [0.5, 0.6) is 0 Å². The van der Waals surface area contributed by atoms with Crippen molar-refractivity contribution in [2.24, 2.45) is 11.8 Å². The van der Waals surface area contributed by atoms with E-state index in [-0.39, 0.29) is 0 Å². The minimum Gasteiger partial charge on any atom is -0.312 e. The third kappa shape index (κ3) is 4.06. The molecule has 0 bridgehead atoms. The number of sulfonamides is 1. The number of rotatable bonds is 6. The molecule has 120 valence electrons. The van der Waals surface area contributed by atoms with Crippen molar-refractivity contribution in [2.75, 3.05) is 19.6 Å². The minimum absolute atomic E-state index is 0.429. The van der Waals surface area contributed by atoms with Crippen LogP contribution in [0.15, 0.2) is 16.3 Å². The van der Waals surface area contributed by atoms with Crippen LogP contribution >= 0.6 is 11.3 Å². The summed E-state index contributed by atoms with van der Waals surface area (Å²) in [5, 5.41) is 5.09. The van der Waals surface area contributed by atoms with Crippen molar-refractivity contribution in [3.8, 4) is 0 Å². The summed E-state index contributed by atoms with van der Waals surface area (Å²) in [4.78, 5) is 1.54. The van der Waals surface area contributed by atoms with Crippen LogP contribution in [0.3, 0.4) is 0 Å². The molecule has 1 aliphatic rings. The molecule has 1 saturated heterocycles. The Labute approximate surface area is 132 Å². The fourth-order valence-corrected chi connectivity index (χ4v) is 5.36. The first-order valence-electron chi connectivity index (χ1n) is 7.73. The molecular weight excluding hydrogens is 304 g/mol. The Bertz CT molecular complexity index is 554. The van der Waals surface area contributed by atoms with Crippen molar-refractivity contribution in [1.82, 2.24) is 9.62 Å². The highest BCUT2D eigenvalue weighted by atomic mass is 32.2. The summed E-state index contributed by atoms with van der Waals surface area (Å²) in [6.07, 6.45) is 2.04. The van der Waals surface area contributed by atoms with Crippen LogP contribution in [-0.2, 0) is 16.6 Å². The Balaban J connectivity index is 2.06. The van der Waals surface area contributed by atoms with Gasteiger partial charge in [0.1, 0.15) is 0 Å². The van der Waals surface area contributed by atoms with Crippen molar-refractivity contribution >= 4 is 21.4 Å². The lowest BCUT2D eigenvalue weighted by Gasteiger charge is -2.34. The molecule has 1 aliphatic heterocycles. The van der Waals surface area contributed by atoms with Gasteiger partial charge in [0.05, 0.1) is 4.90 Å². The Hall–Kier alpha value is -0.430. The zero-order valence-corrected chi connectivity index (χ0v) is 14.8. The van der Waals surface area contributed by atoms with Crippen molar-refractivity contribution in [3.05, 3.63) is 16.3 Å². The second-order valence-electron chi connectivity index (χ2n) is 6.03. The molecule has 21 heavy (non-hydrogen) atoms. The minimum atomic E-state index is -3.31. The molecule has 0 radical (unpaired) electrons. The number of nitrogens with one attached hydrogen (secondary N) is 1. The van der Waals surface area contributed by atoms with Crippen LogP contribution < -0.4 is 5.32 Å². The molecule has 6 heteroatoms. The monoisotopic (exact) mass is 330 g/mol. The van der Waals surface area contributed by atoms with E-state index in [1.54, 1.807) is 9.69 Å². The maximum absolute atomic E-state index is 12.7. The summed E-state index contributed by atoms with van der Waals surface area (Å²) >= 11 is 1.52. The highest BCUT2D eigenvalue weighted by molar-refractivity contribution is 7.89. The van der Waals surface area contributed by atoms with E-state index in [2.05, 4.69) is 26.1 Å². The quantitative estimate of drug-likeness (QED) is 0.816. The zero-order valence-electron chi connectivity index (χ0n) is 13.1. The maximum atomic E-state index is 12.7. The molecule has 2 unspecified atom stereocenters. The molecule has 1 fully saturated rings. The lowest BCUT2D eigenvalue weighted by Crippen LogP contribution is -2.42. The number of thiophene rings is 1. The van der Waals surface area contributed by atoms with Crippen molar-refractivity contribution < 1.29 is 8.42 Å². The topological polar surface area (TPSA) is 49.4 Å². The molecule has 4 nitrogen and oxygen atoms in total. The van der Waals surface area contributed by atoms with Crippen molar-refractivity contribution in [2.45, 2.75) is 45.1 Å². The van der Waals surface area contributed by atoms with Crippen LogP contribution in [0.2, 0.25) is 0 Å². The number of piperidine rings is 1. The number of hydrogen-bond acceptors (Lipinski definition) is 4. The van der Waals surface area contributed by atoms with Crippen LogP contribution in [0.1, 0.15) is 38.5 Å². The van der Waals surface area contributed by atoms with Gasteiger partial charge in [-0.25, -0.2) is 8.42 Å². The van der Waals surface area contributed by atoms with Gasteiger partial charge in [0, 0.05) is 29.9 Å². The molecule has 0 aromatic carbocycles. The van der Waals surface area contributed by atoms with Gasteiger partial charge in [-0.2, -0.15) is 4.31 Å². The lowest BCUT2D eigenvalue weighted by atomic mass is 9.90. The Morgan fingerprint density at radius 1 is 1.38 bits per heavy atom. The summed E-state index contributed by atoms with van der Waals surface area (Å²) in [7, 11) is -3.31. The number of hydrogen-bond donors (Lipinski definition) is 1. The van der Waals surface area contributed by atoms with E-state index in [9.17, 15) is 8.42 Å². The Morgan fingerprint density at radius 2 is 2.14 bits per heavy atom. The van der Waals surface area contributed by atoms with Gasteiger partial charge in [-0.15, -0.1) is 11.3 Å². The fourth-order valence-electron chi connectivity index (χ4n) is 2.57. The molecule has 0 amide bonds. The normalized spacial score (nSPS) is 24.3. The molecule has 0 spiro atoms. The first-order chi connectivity index (χ1) is 9.95. The first kappa shape index (κ1) is 16.9. The molecule has 0 saturated carbocycles. The average Bonchev–Trinajstić information content (AvgIpc) is 2.91. The predicted octanol–water partition coefficient (Wildman–Crippen LogP) is 2.91. The summed E-state index contributed by atoms with van der Waals surface area (Å²) in [5.74, 6) is 1.03. The molecule has 2 rings (SSSR count). The summed E-state index contributed by atoms with van der Waals surface area (Å²) < 4.78 is 27.0. The largest absolute Gasteiger partial charge is 0.312 e. The second-order valence-corrected chi connectivity index (χ2v) is 8.97. The summed E-state index contributed by atoms with van der Waals surface area (Å²) in [6.45, 7) is 9.46. The molecule has 2 heterocycles. The summed E-state index contributed by atoms with van der Waals surface area (Å²) in [5.41, 5.74) is 0. The Morgan fingerprint density at radius 3 is 2.81 bits per heavy atom. The Kier molecular flexibility index (Phi) is 5.82. The predicted molar refractivity (Wildman–Crippen MR) is 88.0 cm³/mol. The zero-order chi connectivity index (χ0) is 15.5. The molecular formula is C15H26N2O2S2. The highest BCUT2D eigenvalue weighted by Gasteiger charge is 2.32. The van der Waals surface area contributed by atoms with Gasteiger partial charge in [0.25, 0.3) is 0 Å². The van der Waals surface area contributed by atoms with Gasteiger partial charge in [-0.3, -0.25) is 0 Å².